The third kappa shape index (κ3) is 2.79. The van der Waals surface area contributed by atoms with Gasteiger partial charge in [0.15, 0.2) is 0 Å². The minimum Gasteiger partial charge on any atom is -0.469 e. The van der Waals surface area contributed by atoms with Gasteiger partial charge in [0.1, 0.15) is 5.82 Å². The van der Waals surface area contributed by atoms with Crippen LogP contribution in [0.5, 0.6) is 0 Å². The molecule has 3 nitrogen and oxygen atoms in total. The van der Waals surface area contributed by atoms with Crippen molar-refractivity contribution in [3.63, 3.8) is 0 Å². The third-order valence-electron chi connectivity index (χ3n) is 5.97. The highest BCUT2D eigenvalue weighted by molar-refractivity contribution is 5.82. The van der Waals surface area contributed by atoms with Gasteiger partial charge in [-0.3, -0.25) is 9.78 Å². The number of carbonyl (C=O) groups excluding carboxylic acids is 1. The van der Waals surface area contributed by atoms with Crippen molar-refractivity contribution in [2.45, 2.75) is 38.0 Å². The minimum atomic E-state index is -0.201. The predicted octanol–water partition coefficient (Wildman–Crippen LogP) is 4.46. The number of halogens is 1. The fourth-order valence-electron chi connectivity index (χ4n) is 4.98. The Morgan fingerprint density at radius 2 is 1.96 bits per heavy atom. The van der Waals surface area contributed by atoms with Crippen molar-refractivity contribution in [1.82, 2.24) is 4.98 Å². The van der Waals surface area contributed by atoms with Crippen LogP contribution in [0.1, 0.15) is 43.6 Å². The van der Waals surface area contributed by atoms with Gasteiger partial charge in [0.05, 0.1) is 12.6 Å². The molecule has 1 aromatic heterocycles. The smallest absolute Gasteiger partial charge is 0.305 e. The average Bonchev–Trinajstić information content (AvgIpc) is 3.12. The summed E-state index contributed by atoms with van der Waals surface area (Å²) in [6, 6.07) is 6.90. The first-order valence-corrected chi connectivity index (χ1v) is 8.75. The molecule has 2 aliphatic carbocycles. The number of hydrogen-bond acceptors (Lipinski definition) is 3. The molecule has 0 radical (unpaired) electrons. The summed E-state index contributed by atoms with van der Waals surface area (Å²) >= 11 is 0. The van der Waals surface area contributed by atoms with Crippen molar-refractivity contribution < 1.29 is 13.9 Å². The first-order chi connectivity index (χ1) is 11.6. The van der Waals surface area contributed by atoms with Gasteiger partial charge in [-0.15, -0.1) is 0 Å². The Labute approximate surface area is 141 Å². The molecular weight excluding hydrogens is 305 g/mol. The van der Waals surface area contributed by atoms with Crippen LogP contribution in [0.3, 0.4) is 0 Å². The number of ether oxygens (including phenoxy) is 1. The molecule has 4 rings (SSSR count). The zero-order valence-electron chi connectivity index (χ0n) is 13.9. The summed E-state index contributed by atoms with van der Waals surface area (Å²) in [5.41, 5.74) is 2.10. The molecule has 126 valence electrons. The van der Waals surface area contributed by atoms with Gasteiger partial charge in [0.25, 0.3) is 0 Å². The number of fused-ring (bicyclic) bond motifs is 2. The van der Waals surface area contributed by atoms with Crippen molar-refractivity contribution in [2.75, 3.05) is 7.11 Å². The average molecular weight is 327 g/mol. The van der Waals surface area contributed by atoms with E-state index in [9.17, 15) is 9.18 Å². The Balaban J connectivity index is 1.52. The summed E-state index contributed by atoms with van der Waals surface area (Å²) in [5.74, 6) is 2.02. The summed E-state index contributed by atoms with van der Waals surface area (Å²) in [5, 5.41) is 0.952. The molecule has 0 amide bonds. The molecule has 0 bridgehead atoms. The summed E-state index contributed by atoms with van der Waals surface area (Å²) in [7, 11) is 1.46. The van der Waals surface area contributed by atoms with Crippen LogP contribution < -0.4 is 0 Å². The number of esters is 1. The largest absolute Gasteiger partial charge is 0.469 e. The topological polar surface area (TPSA) is 39.2 Å². The van der Waals surface area contributed by atoms with E-state index in [1.54, 1.807) is 12.1 Å². The van der Waals surface area contributed by atoms with E-state index in [0.29, 0.717) is 30.1 Å². The molecule has 0 saturated heterocycles. The van der Waals surface area contributed by atoms with Gasteiger partial charge in [-0.25, -0.2) is 4.39 Å². The summed E-state index contributed by atoms with van der Waals surface area (Å²) in [6.07, 6.45) is 6.90. The minimum absolute atomic E-state index is 0.0906. The molecule has 4 atom stereocenters. The van der Waals surface area contributed by atoms with E-state index in [1.165, 1.54) is 18.7 Å². The standard InChI is InChI=1S/C20H22FNO2/c1-24-20(23)8-12-6-13-9-15(10-14(13)7-12)17-4-5-22-19-3-2-16(21)11-18(17)19/h2-5,11-15H,6-10H2,1H3/t12-,13+,14?,15?/m1/s1. The molecule has 1 aromatic carbocycles. The number of pyridine rings is 1. The molecule has 4 heteroatoms. The molecule has 1 heterocycles. The Kier molecular flexibility index (Phi) is 3.99. The van der Waals surface area contributed by atoms with Crippen molar-refractivity contribution in [3.05, 3.63) is 41.8 Å². The van der Waals surface area contributed by atoms with Crippen LogP contribution in [-0.2, 0) is 9.53 Å². The van der Waals surface area contributed by atoms with Gasteiger partial charge in [0, 0.05) is 18.0 Å². The monoisotopic (exact) mass is 327 g/mol. The highest BCUT2D eigenvalue weighted by atomic mass is 19.1. The number of methoxy groups -OCH3 is 1. The molecule has 2 aromatic rings. The highest BCUT2D eigenvalue weighted by Crippen LogP contribution is 2.53. The lowest BCUT2D eigenvalue weighted by Gasteiger charge is -2.16. The maximum absolute atomic E-state index is 13.7. The van der Waals surface area contributed by atoms with Crippen LogP contribution in [-0.4, -0.2) is 18.1 Å². The zero-order chi connectivity index (χ0) is 16.7. The lowest BCUT2D eigenvalue weighted by molar-refractivity contribution is -0.141. The normalized spacial score (nSPS) is 28.9. The van der Waals surface area contributed by atoms with Gasteiger partial charge < -0.3 is 4.74 Å². The molecule has 0 spiro atoms. The van der Waals surface area contributed by atoms with Gasteiger partial charge in [-0.2, -0.15) is 0 Å². The van der Waals surface area contributed by atoms with E-state index < -0.39 is 0 Å². The molecule has 0 N–H and O–H groups in total. The summed E-state index contributed by atoms with van der Waals surface area (Å²) in [6.45, 7) is 0. The summed E-state index contributed by atoms with van der Waals surface area (Å²) in [4.78, 5) is 15.8. The molecule has 24 heavy (non-hydrogen) atoms. The van der Waals surface area contributed by atoms with Crippen LogP contribution in [0.15, 0.2) is 30.5 Å². The Hall–Kier alpha value is -1.97. The van der Waals surface area contributed by atoms with Crippen molar-refractivity contribution in [1.29, 1.82) is 0 Å². The van der Waals surface area contributed by atoms with E-state index in [-0.39, 0.29) is 11.8 Å². The molecular formula is C20H22FNO2. The van der Waals surface area contributed by atoms with E-state index in [4.69, 9.17) is 4.74 Å². The van der Waals surface area contributed by atoms with E-state index >= 15 is 0 Å². The van der Waals surface area contributed by atoms with Crippen LogP contribution in [0.25, 0.3) is 10.9 Å². The van der Waals surface area contributed by atoms with Gasteiger partial charge in [0.2, 0.25) is 0 Å². The fraction of sp³-hybridized carbons (Fsp3) is 0.500. The van der Waals surface area contributed by atoms with Gasteiger partial charge in [-0.1, -0.05) is 0 Å². The van der Waals surface area contributed by atoms with E-state index in [2.05, 4.69) is 11.1 Å². The first kappa shape index (κ1) is 15.6. The maximum Gasteiger partial charge on any atom is 0.305 e. The SMILES string of the molecule is COC(=O)C[C@H]1CC2CC(c3ccnc4ccc(F)cc34)C[C@@H]2C1. The number of nitrogens with zero attached hydrogens (tertiary/aromatic N) is 1. The Morgan fingerprint density at radius 3 is 2.67 bits per heavy atom. The van der Waals surface area contributed by atoms with Gasteiger partial charge >= 0.3 is 5.97 Å². The second-order valence-corrected chi connectivity index (χ2v) is 7.37. The van der Waals surface area contributed by atoms with Crippen molar-refractivity contribution in [3.8, 4) is 0 Å². The first-order valence-electron chi connectivity index (χ1n) is 8.75. The second-order valence-electron chi connectivity index (χ2n) is 7.37. The van der Waals surface area contributed by atoms with E-state index in [1.807, 2.05) is 6.20 Å². The summed E-state index contributed by atoms with van der Waals surface area (Å²) < 4.78 is 18.5. The lowest BCUT2D eigenvalue weighted by atomic mass is 9.90. The molecule has 2 saturated carbocycles. The number of aromatic nitrogens is 1. The lowest BCUT2D eigenvalue weighted by Crippen LogP contribution is -2.08. The van der Waals surface area contributed by atoms with Crippen LogP contribution in [0.2, 0.25) is 0 Å². The number of hydrogen-bond donors (Lipinski definition) is 0. The zero-order valence-corrected chi connectivity index (χ0v) is 13.9. The predicted molar refractivity (Wildman–Crippen MR) is 90.0 cm³/mol. The Bertz CT molecular complexity index is 761. The van der Waals surface area contributed by atoms with Crippen LogP contribution in [0, 0.1) is 23.6 Å². The quantitative estimate of drug-likeness (QED) is 0.782. The third-order valence-corrected chi connectivity index (χ3v) is 5.97. The highest BCUT2D eigenvalue weighted by Gasteiger charge is 2.42. The molecule has 2 aliphatic rings. The fourth-order valence-corrected chi connectivity index (χ4v) is 4.98. The van der Waals surface area contributed by atoms with Crippen LogP contribution >= 0.6 is 0 Å². The van der Waals surface area contributed by atoms with Crippen molar-refractivity contribution in [2.24, 2.45) is 17.8 Å². The molecule has 2 fully saturated rings. The second kappa shape index (κ2) is 6.15. The Morgan fingerprint density at radius 1 is 1.21 bits per heavy atom. The maximum atomic E-state index is 13.7. The molecule has 0 aliphatic heterocycles. The number of carbonyl (C=O) groups is 1. The number of benzene rings is 1. The van der Waals surface area contributed by atoms with Gasteiger partial charge in [-0.05, 0) is 79.2 Å². The molecule has 2 unspecified atom stereocenters. The number of rotatable bonds is 3. The van der Waals surface area contributed by atoms with E-state index in [0.717, 1.165) is 36.6 Å². The van der Waals surface area contributed by atoms with Crippen molar-refractivity contribution >= 4 is 16.9 Å². The van der Waals surface area contributed by atoms with Crippen LogP contribution in [0.4, 0.5) is 4.39 Å².